The molecule has 5 nitrogen and oxygen atoms in total. The second-order valence-electron chi connectivity index (χ2n) is 3.55. The van der Waals surface area contributed by atoms with Crippen LogP contribution in [0.2, 0.25) is 0 Å². The lowest BCUT2D eigenvalue weighted by Crippen LogP contribution is -2.13. The predicted octanol–water partition coefficient (Wildman–Crippen LogP) is 2.23. The van der Waals surface area contributed by atoms with Gasteiger partial charge in [0, 0.05) is 5.69 Å². The normalized spacial score (nSPS) is 11.2. The summed E-state index contributed by atoms with van der Waals surface area (Å²) >= 11 is 3.17. The quantitative estimate of drug-likeness (QED) is 0.668. The SMILES string of the molecule is Nc1cccc(S(=O)(=O)Nc2ccc(Br)nc2)c1. The van der Waals surface area contributed by atoms with Crippen molar-refractivity contribution < 1.29 is 8.42 Å². The van der Waals surface area contributed by atoms with Gasteiger partial charge in [-0.25, -0.2) is 13.4 Å². The minimum atomic E-state index is -3.63. The zero-order chi connectivity index (χ0) is 13.2. The van der Waals surface area contributed by atoms with Gasteiger partial charge in [0.2, 0.25) is 0 Å². The molecule has 0 saturated carbocycles. The van der Waals surface area contributed by atoms with Crippen molar-refractivity contribution in [3.05, 3.63) is 47.2 Å². The van der Waals surface area contributed by atoms with Gasteiger partial charge >= 0.3 is 0 Å². The number of halogens is 1. The molecule has 0 aliphatic heterocycles. The molecule has 94 valence electrons. The van der Waals surface area contributed by atoms with Gasteiger partial charge in [0.05, 0.1) is 16.8 Å². The van der Waals surface area contributed by atoms with Crippen molar-refractivity contribution in [2.75, 3.05) is 10.5 Å². The number of nitrogens with one attached hydrogen (secondary N) is 1. The molecule has 3 N–H and O–H groups in total. The number of aromatic nitrogens is 1. The molecule has 0 saturated heterocycles. The third kappa shape index (κ3) is 2.99. The zero-order valence-corrected chi connectivity index (χ0v) is 11.6. The average Bonchev–Trinajstić information content (AvgIpc) is 2.32. The molecule has 0 bridgehead atoms. The first-order valence-electron chi connectivity index (χ1n) is 4.97. The van der Waals surface area contributed by atoms with E-state index in [9.17, 15) is 8.42 Å². The molecule has 1 aromatic carbocycles. The van der Waals surface area contributed by atoms with Gasteiger partial charge < -0.3 is 5.73 Å². The Kier molecular flexibility index (Phi) is 3.53. The highest BCUT2D eigenvalue weighted by atomic mass is 79.9. The second-order valence-corrected chi connectivity index (χ2v) is 6.04. The highest BCUT2D eigenvalue weighted by Crippen LogP contribution is 2.18. The Labute approximate surface area is 113 Å². The Bertz CT molecular complexity index is 656. The summed E-state index contributed by atoms with van der Waals surface area (Å²) in [6.07, 6.45) is 1.42. The van der Waals surface area contributed by atoms with Crippen LogP contribution in [0.5, 0.6) is 0 Å². The number of anilines is 2. The van der Waals surface area contributed by atoms with Crippen LogP contribution in [0.15, 0.2) is 52.1 Å². The van der Waals surface area contributed by atoms with Crippen LogP contribution in [0.1, 0.15) is 0 Å². The highest BCUT2D eigenvalue weighted by molar-refractivity contribution is 9.10. The number of hydrogen-bond donors (Lipinski definition) is 2. The minimum Gasteiger partial charge on any atom is -0.399 e. The molecule has 0 aliphatic rings. The fourth-order valence-electron chi connectivity index (χ4n) is 1.33. The molecule has 0 spiro atoms. The van der Waals surface area contributed by atoms with Crippen LogP contribution in [0.3, 0.4) is 0 Å². The third-order valence-corrected chi connectivity index (χ3v) is 4.00. The van der Waals surface area contributed by atoms with Gasteiger partial charge in [-0.15, -0.1) is 0 Å². The first-order chi connectivity index (χ1) is 8.47. The second kappa shape index (κ2) is 4.95. The molecule has 0 aliphatic carbocycles. The van der Waals surface area contributed by atoms with Gasteiger partial charge in [-0.2, -0.15) is 0 Å². The van der Waals surface area contributed by atoms with Crippen LogP contribution in [0.25, 0.3) is 0 Å². The average molecular weight is 328 g/mol. The van der Waals surface area contributed by atoms with Gasteiger partial charge in [0.15, 0.2) is 0 Å². The monoisotopic (exact) mass is 327 g/mol. The topological polar surface area (TPSA) is 85.1 Å². The van der Waals surface area contributed by atoms with Crippen molar-refractivity contribution in [3.8, 4) is 0 Å². The van der Waals surface area contributed by atoms with E-state index in [2.05, 4.69) is 25.6 Å². The maximum atomic E-state index is 12.0. The highest BCUT2D eigenvalue weighted by Gasteiger charge is 2.14. The van der Waals surface area contributed by atoms with E-state index in [4.69, 9.17) is 5.73 Å². The fraction of sp³-hybridized carbons (Fsp3) is 0. The number of hydrogen-bond acceptors (Lipinski definition) is 4. The standard InChI is InChI=1S/C11H10BrN3O2S/c12-11-5-4-9(7-14-11)15-18(16,17)10-3-1-2-8(13)6-10/h1-7,15H,13H2. The summed E-state index contributed by atoms with van der Waals surface area (Å²) < 4.78 is 27.1. The number of sulfonamides is 1. The van der Waals surface area contributed by atoms with E-state index in [0.29, 0.717) is 16.0 Å². The van der Waals surface area contributed by atoms with Gasteiger partial charge in [0.25, 0.3) is 10.0 Å². The van der Waals surface area contributed by atoms with Gasteiger partial charge in [0.1, 0.15) is 4.60 Å². The smallest absolute Gasteiger partial charge is 0.262 e. The number of nitrogens with two attached hydrogens (primary N) is 1. The number of nitrogens with zero attached hydrogens (tertiary/aromatic N) is 1. The van der Waals surface area contributed by atoms with Crippen LogP contribution in [0, 0.1) is 0 Å². The molecule has 0 radical (unpaired) electrons. The van der Waals surface area contributed by atoms with Crippen molar-refractivity contribution in [1.82, 2.24) is 4.98 Å². The molecule has 18 heavy (non-hydrogen) atoms. The van der Waals surface area contributed by atoms with Crippen molar-refractivity contribution in [1.29, 1.82) is 0 Å². The maximum absolute atomic E-state index is 12.0. The summed E-state index contributed by atoms with van der Waals surface area (Å²) in [5, 5.41) is 0. The number of pyridine rings is 1. The van der Waals surface area contributed by atoms with E-state index in [0.717, 1.165) is 0 Å². The summed E-state index contributed by atoms with van der Waals surface area (Å²) in [6, 6.07) is 9.35. The lowest BCUT2D eigenvalue weighted by molar-refractivity contribution is 0.601. The molecule has 0 unspecified atom stereocenters. The minimum absolute atomic E-state index is 0.116. The van der Waals surface area contributed by atoms with Gasteiger partial charge in [-0.05, 0) is 46.3 Å². The van der Waals surface area contributed by atoms with Crippen LogP contribution >= 0.6 is 15.9 Å². The van der Waals surface area contributed by atoms with Gasteiger partial charge in [-0.3, -0.25) is 4.72 Å². The maximum Gasteiger partial charge on any atom is 0.262 e. The van der Waals surface area contributed by atoms with Crippen molar-refractivity contribution >= 4 is 37.3 Å². The Balaban J connectivity index is 2.30. The van der Waals surface area contributed by atoms with Crippen molar-refractivity contribution in [2.24, 2.45) is 0 Å². The number of nitrogen functional groups attached to an aromatic ring is 1. The first-order valence-corrected chi connectivity index (χ1v) is 7.25. The van der Waals surface area contributed by atoms with Crippen LogP contribution in [-0.2, 0) is 10.0 Å². The number of benzene rings is 1. The molecule has 1 heterocycles. The van der Waals surface area contributed by atoms with E-state index in [1.165, 1.54) is 18.3 Å². The molecular formula is C11H10BrN3O2S. The molecule has 0 amide bonds. The van der Waals surface area contributed by atoms with E-state index in [1.54, 1.807) is 24.3 Å². The van der Waals surface area contributed by atoms with E-state index in [-0.39, 0.29) is 4.90 Å². The van der Waals surface area contributed by atoms with Crippen molar-refractivity contribution in [2.45, 2.75) is 4.90 Å². The zero-order valence-electron chi connectivity index (χ0n) is 9.17. The van der Waals surface area contributed by atoms with Crippen LogP contribution in [-0.4, -0.2) is 13.4 Å². The lowest BCUT2D eigenvalue weighted by atomic mass is 10.3. The molecule has 2 rings (SSSR count). The van der Waals surface area contributed by atoms with E-state index in [1.807, 2.05) is 0 Å². The molecule has 2 aromatic rings. The summed E-state index contributed by atoms with van der Waals surface area (Å²) in [5.41, 5.74) is 6.34. The Morgan fingerprint density at radius 3 is 2.61 bits per heavy atom. The van der Waals surface area contributed by atoms with E-state index < -0.39 is 10.0 Å². The molecule has 0 atom stereocenters. The van der Waals surface area contributed by atoms with Crippen molar-refractivity contribution in [3.63, 3.8) is 0 Å². The third-order valence-electron chi connectivity index (χ3n) is 2.15. The Morgan fingerprint density at radius 2 is 2.00 bits per heavy atom. The molecule has 7 heteroatoms. The summed E-state index contributed by atoms with van der Waals surface area (Å²) in [7, 11) is -3.63. The fourth-order valence-corrected chi connectivity index (χ4v) is 2.66. The summed E-state index contributed by atoms with van der Waals surface area (Å²) in [5.74, 6) is 0. The van der Waals surface area contributed by atoms with Crippen LogP contribution < -0.4 is 10.5 Å². The molecule has 0 fully saturated rings. The van der Waals surface area contributed by atoms with Crippen LogP contribution in [0.4, 0.5) is 11.4 Å². The summed E-state index contributed by atoms with van der Waals surface area (Å²) in [6.45, 7) is 0. The van der Waals surface area contributed by atoms with E-state index >= 15 is 0 Å². The molecular weight excluding hydrogens is 318 g/mol. The summed E-state index contributed by atoms with van der Waals surface area (Å²) in [4.78, 5) is 4.06. The first kappa shape index (κ1) is 12.8. The largest absolute Gasteiger partial charge is 0.399 e. The Hall–Kier alpha value is -1.60. The molecule has 1 aromatic heterocycles. The Morgan fingerprint density at radius 1 is 1.22 bits per heavy atom. The van der Waals surface area contributed by atoms with Gasteiger partial charge in [-0.1, -0.05) is 6.07 Å². The predicted molar refractivity (Wildman–Crippen MR) is 73.6 cm³/mol. The lowest BCUT2D eigenvalue weighted by Gasteiger charge is -2.08. The number of rotatable bonds is 3.